The first-order valence-corrected chi connectivity index (χ1v) is 7.81. The lowest BCUT2D eigenvalue weighted by Gasteiger charge is -2.36. The van der Waals surface area contributed by atoms with Crippen molar-refractivity contribution >= 4 is 11.8 Å². The van der Waals surface area contributed by atoms with E-state index in [2.05, 4.69) is 4.90 Å². The SMILES string of the molecule is CC(=O)N1CCN(CC(=O)N(C)C2CCCCC2)CC1. The Morgan fingerprint density at radius 3 is 2.20 bits per heavy atom. The van der Waals surface area contributed by atoms with Gasteiger partial charge in [0.15, 0.2) is 0 Å². The molecule has 2 aliphatic rings. The minimum Gasteiger partial charge on any atom is -0.342 e. The fourth-order valence-corrected chi connectivity index (χ4v) is 3.20. The molecule has 5 heteroatoms. The van der Waals surface area contributed by atoms with E-state index in [0.29, 0.717) is 12.6 Å². The second-order valence-electron chi connectivity index (χ2n) is 6.08. The Morgan fingerprint density at radius 2 is 1.65 bits per heavy atom. The van der Waals surface area contributed by atoms with Crippen LogP contribution in [0.5, 0.6) is 0 Å². The van der Waals surface area contributed by atoms with E-state index in [-0.39, 0.29) is 11.8 Å². The maximum Gasteiger partial charge on any atom is 0.236 e. The van der Waals surface area contributed by atoms with Crippen molar-refractivity contribution in [2.24, 2.45) is 0 Å². The summed E-state index contributed by atoms with van der Waals surface area (Å²) in [4.78, 5) is 29.6. The van der Waals surface area contributed by atoms with Gasteiger partial charge in [0.2, 0.25) is 11.8 Å². The fourth-order valence-electron chi connectivity index (χ4n) is 3.20. The summed E-state index contributed by atoms with van der Waals surface area (Å²) in [5.74, 6) is 0.364. The molecule has 1 aliphatic heterocycles. The highest BCUT2D eigenvalue weighted by Crippen LogP contribution is 2.21. The molecule has 0 aromatic rings. The van der Waals surface area contributed by atoms with E-state index in [0.717, 1.165) is 39.0 Å². The van der Waals surface area contributed by atoms with Crippen molar-refractivity contribution in [3.05, 3.63) is 0 Å². The normalized spacial score (nSPS) is 21.8. The van der Waals surface area contributed by atoms with Crippen molar-refractivity contribution in [3.8, 4) is 0 Å². The molecule has 0 bridgehead atoms. The lowest BCUT2D eigenvalue weighted by atomic mass is 9.94. The molecule has 0 spiro atoms. The molecule has 2 fully saturated rings. The zero-order chi connectivity index (χ0) is 14.5. The van der Waals surface area contributed by atoms with Gasteiger partial charge in [0.1, 0.15) is 0 Å². The average Bonchev–Trinajstić information content (AvgIpc) is 2.48. The molecule has 1 saturated carbocycles. The molecule has 0 unspecified atom stereocenters. The molecule has 1 heterocycles. The molecule has 0 radical (unpaired) electrons. The number of hydrogen-bond acceptors (Lipinski definition) is 3. The fraction of sp³-hybridized carbons (Fsp3) is 0.867. The molecule has 1 saturated heterocycles. The van der Waals surface area contributed by atoms with Crippen LogP contribution in [0.25, 0.3) is 0 Å². The van der Waals surface area contributed by atoms with Gasteiger partial charge in [0, 0.05) is 46.2 Å². The van der Waals surface area contributed by atoms with E-state index in [9.17, 15) is 9.59 Å². The number of amides is 2. The number of nitrogens with zero attached hydrogens (tertiary/aromatic N) is 3. The summed E-state index contributed by atoms with van der Waals surface area (Å²) in [6, 6.07) is 0.440. The summed E-state index contributed by atoms with van der Waals surface area (Å²) in [5, 5.41) is 0. The van der Waals surface area contributed by atoms with Crippen LogP contribution in [0.4, 0.5) is 0 Å². The minimum absolute atomic E-state index is 0.135. The van der Waals surface area contributed by atoms with Crippen LogP contribution in [-0.2, 0) is 9.59 Å². The highest BCUT2D eigenvalue weighted by Gasteiger charge is 2.25. The Morgan fingerprint density at radius 1 is 1.05 bits per heavy atom. The molecule has 1 aliphatic carbocycles. The highest BCUT2D eigenvalue weighted by atomic mass is 16.2. The summed E-state index contributed by atoms with van der Waals surface area (Å²) in [7, 11) is 1.95. The average molecular weight is 281 g/mol. The Balaban J connectivity index is 1.75. The van der Waals surface area contributed by atoms with E-state index < -0.39 is 0 Å². The monoisotopic (exact) mass is 281 g/mol. The third kappa shape index (κ3) is 3.95. The van der Waals surface area contributed by atoms with Crippen molar-refractivity contribution in [3.63, 3.8) is 0 Å². The Labute approximate surface area is 121 Å². The molecular formula is C15H27N3O2. The predicted molar refractivity (Wildman–Crippen MR) is 78.3 cm³/mol. The zero-order valence-corrected chi connectivity index (χ0v) is 12.8. The maximum absolute atomic E-state index is 12.3. The Kier molecular flexibility index (Phi) is 5.40. The van der Waals surface area contributed by atoms with Gasteiger partial charge in [-0.15, -0.1) is 0 Å². The van der Waals surface area contributed by atoms with E-state index in [1.165, 1.54) is 19.3 Å². The van der Waals surface area contributed by atoms with E-state index in [1.54, 1.807) is 6.92 Å². The number of piperazine rings is 1. The number of likely N-dealkylation sites (N-methyl/N-ethyl adjacent to an activating group) is 1. The summed E-state index contributed by atoms with van der Waals surface area (Å²) in [6.45, 7) is 5.22. The topological polar surface area (TPSA) is 43.9 Å². The molecule has 2 rings (SSSR count). The van der Waals surface area contributed by atoms with Gasteiger partial charge in [-0.25, -0.2) is 0 Å². The molecule has 0 aromatic carbocycles. The maximum atomic E-state index is 12.3. The van der Waals surface area contributed by atoms with Gasteiger partial charge in [-0.2, -0.15) is 0 Å². The van der Waals surface area contributed by atoms with E-state index >= 15 is 0 Å². The largest absolute Gasteiger partial charge is 0.342 e. The van der Waals surface area contributed by atoms with Gasteiger partial charge in [-0.3, -0.25) is 14.5 Å². The number of hydrogen-bond donors (Lipinski definition) is 0. The van der Waals surface area contributed by atoms with Crippen LogP contribution >= 0.6 is 0 Å². The van der Waals surface area contributed by atoms with Crippen LogP contribution in [0.3, 0.4) is 0 Å². The first-order valence-electron chi connectivity index (χ1n) is 7.81. The lowest BCUT2D eigenvalue weighted by Crippen LogP contribution is -2.51. The quantitative estimate of drug-likeness (QED) is 0.773. The molecule has 5 nitrogen and oxygen atoms in total. The smallest absolute Gasteiger partial charge is 0.236 e. The van der Waals surface area contributed by atoms with Gasteiger partial charge >= 0.3 is 0 Å². The Bertz CT molecular complexity index is 345. The number of carbonyl (C=O) groups excluding carboxylic acids is 2. The third-order valence-corrected chi connectivity index (χ3v) is 4.69. The van der Waals surface area contributed by atoms with Gasteiger partial charge in [0.25, 0.3) is 0 Å². The first-order chi connectivity index (χ1) is 9.58. The molecule has 0 atom stereocenters. The minimum atomic E-state index is 0.135. The molecule has 0 N–H and O–H groups in total. The summed E-state index contributed by atoms with van der Waals surface area (Å²) in [6.07, 6.45) is 6.12. The standard InChI is InChI=1S/C15H27N3O2/c1-13(19)18-10-8-17(9-11-18)12-15(20)16(2)14-6-4-3-5-7-14/h14H,3-12H2,1-2H3. The second-order valence-corrected chi connectivity index (χ2v) is 6.08. The van der Waals surface area contributed by atoms with Crippen LogP contribution in [0.15, 0.2) is 0 Å². The van der Waals surface area contributed by atoms with Crippen molar-refractivity contribution < 1.29 is 9.59 Å². The van der Waals surface area contributed by atoms with Crippen LogP contribution < -0.4 is 0 Å². The third-order valence-electron chi connectivity index (χ3n) is 4.69. The number of rotatable bonds is 3. The first kappa shape index (κ1) is 15.3. The van der Waals surface area contributed by atoms with Gasteiger partial charge in [-0.1, -0.05) is 19.3 Å². The second kappa shape index (κ2) is 7.07. The Hall–Kier alpha value is -1.10. The molecule has 20 heavy (non-hydrogen) atoms. The van der Waals surface area contributed by atoms with Crippen molar-refractivity contribution in [2.75, 3.05) is 39.8 Å². The van der Waals surface area contributed by atoms with Crippen LogP contribution in [0.2, 0.25) is 0 Å². The van der Waals surface area contributed by atoms with Gasteiger partial charge in [0.05, 0.1) is 6.54 Å². The van der Waals surface area contributed by atoms with E-state index in [1.807, 2.05) is 16.8 Å². The molecular weight excluding hydrogens is 254 g/mol. The van der Waals surface area contributed by atoms with Gasteiger partial charge < -0.3 is 9.80 Å². The summed E-state index contributed by atoms with van der Waals surface area (Å²) < 4.78 is 0. The highest BCUT2D eigenvalue weighted by molar-refractivity contribution is 5.78. The van der Waals surface area contributed by atoms with Gasteiger partial charge in [-0.05, 0) is 12.8 Å². The van der Waals surface area contributed by atoms with Crippen molar-refractivity contribution in [1.82, 2.24) is 14.7 Å². The number of carbonyl (C=O) groups is 2. The lowest BCUT2D eigenvalue weighted by molar-refractivity contribution is -0.135. The van der Waals surface area contributed by atoms with E-state index in [4.69, 9.17) is 0 Å². The van der Waals surface area contributed by atoms with Crippen molar-refractivity contribution in [1.29, 1.82) is 0 Å². The zero-order valence-electron chi connectivity index (χ0n) is 12.8. The predicted octanol–water partition coefficient (Wildman–Crippen LogP) is 0.942. The summed E-state index contributed by atoms with van der Waals surface area (Å²) in [5.41, 5.74) is 0. The molecule has 114 valence electrons. The van der Waals surface area contributed by atoms with Crippen LogP contribution in [-0.4, -0.2) is 72.3 Å². The van der Waals surface area contributed by atoms with Crippen LogP contribution in [0.1, 0.15) is 39.0 Å². The molecule has 0 aromatic heterocycles. The van der Waals surface area contributed by atoms with Crippen molar-refractivity contribution in [2.45, 2.75) is 45.1 Å². The molecule has 2 amide bonds. The van der Waals surface area contributed by atoms with Crippen LogP contribution in [0, 0.1) is 0 Å². The summed E-state index contributed by atoms with van der Waals surface area (Å²) >= 11 is 0.